The standard InChI is InChI=1S/C15H19NO/c1-3-5-10-17-13-6-7-14-12(11-13)8-9-16-15(14)4-2/h4,6-7,11H,2-3,5,8-10H2,1H3. The van der Waals surface area contributed by atoms with Crippen LogP contribution in [0, 0.1) is 0 Å². The molecule has 0 fully saturated rings. The van der Waals surface area contributed by atoms with E-state index in [1.54, 1.807) is 0 Å². The average Bonchev–Trinajstić information content (AvgIpc) is 2.38. The summed E-state index contributed by atoms with van der Waals surface area (Å²) >= 11 is 0. The molecule has 0 radical (unpaired) electrons. The van der Waals surface area contributed by atoms with Gasteiger partial charge in [-0.3, -0.25) is 4.99 Å². The summed E-state index contributed by atoms with van der Waals surface area (Å²) in [6.45, 7) is 7.63. The van der Waals surface area contributed by atoms with Crippen LogP contribution in [0.2, 0.25) is 0 Å². The van der Waals surface area contributed by atoms with E-state index in [-0.39, 0.29) is 0 Å². The summed E-state index contributed by atoms with van der Waals surface area (Å²) in [5.41, 5.74) is 3.53. The van der Waals surface area contributed by atoms with Gasteiger partial charge in [-0.25, -0.2) is 0 Å². The molecule has 1 aromatic carbocycles. The lowest BCUT2D eigenvalue weighted by Crippen LogP contribution is -2.11. The van der Waals surface area contributed by atoms with Gasteiger partial charge in [0.05, 0.1) is 12.3 Å². The highest BCUT2D eigenvalue weighted by Gasteiger charge is 2.12. The van der Waals surface area contributed by atoms with Crippen LogP contribution in [-0.4, -0.2) is 18.9 Å². The number of aliphatic imine (C=N–C) groups is 1. The van der Waals surface area contributed by atoms with Crippen molar-refractivity contribution in [3.63, 3.8) is 0 Å². The van der Waals surface area contributed by atoms with E-state index in [4.69, 9.17) is 4.74 Å². The number of allylic oxidation sites excluding steroid dienone is 1. The second-order valence-electron chi connectivity index (χ2n) is 4.24. The molecule has 2 rings (SSSR count). The normalized spacial score (nSPS) is 13.8. The summed E-state index contributed by atoms with van der Waals surface area (Å²) in [6, 6.07) is 6.26. The number of hydrogen-bond donors (Lipinski definition) is 0. The van der Waals surface area contributed by atoms with Gasteiger partial charge in [0.15, 0.2) is 0 Å². The predicted molar refractivity (Wildman–Crippen MR) is 72.2 cm³/mol. The summed E-state index contributed by atoms with van der Waals surface area (Å²) in [5, 5.41) is 0. The maximum atomic E-state index is 5.72. The Morgan fingerprint density at radius 3 is 3.12 bits per heavy atom. The summed E-state index contributed by atoms with van der Waals surface area (Å²) in [7, 11) is 0. The minimum absolute atomic E-state index is 0.803. The SMILES string of the molecule is C=CC1=NCCc2cc(OCCCC)ccc21. The van der Waals surface area contributed by atoms with Crippen molar-refractivity contribution >= 4 is 5.71 Å². The van der Waals surface area contributed by atoms with Crippen molar-refractivity contribution in [2.24, 2.45) is 4.99 Å². The molecule has 0 N–H and O–H groups in total. The molecule has 0 spiro atoms. The lowest BCUT2D eigenvalue weighted by atomic mass is 9.97. The Balaban J connectivity index is 2.14. The van der Waals surface area contributed by atoms with Gasteiger partial charge in [0, 0.05) is 12.1 Å². The number of benzene rings is 1. The van der Waals surface area contributed by atoms with E-state index in [0.29, 0.717) is 0 Å². The van der Waals surface area contributed by atoms with Gasteiger partial charge < -0.3 is 4.74 Å². The van der Waals surface area contributed by atoms with E-state index in [1.165, 1.54) is 11.1 Å². The smallest absolute Gasteiger partial charge is 0.119 e. The number of ether oxygens (including phenoxy) is 1. The van der Waals surface area contributed by atoms with Gasteiger partial charge in [0.2, 0.25) is 0 Å². The molecule has 0 saturated carbocycles. The molecule has 1 aromatic rings. The maximum absolute atomic E-state index is 5.72. The molecular formula is C15H19NO. The first kappa shape index (κ1) is 11.9. The Kier molecular flexibility index (Phi) is 3.97. The van der Waals surface area contributed by atoms with E-state index >= 15 is 0 Å². The van der Waals surface area contributed by atoms with Gasteiger partial charge in [-0.15, -0.1) is 0 Å². The summed E-state index contributed by atoms with van der Waals surface area (Å²) < 4.78 is 5.72. The van der Waals surface area contributed by atoms with Gasteiger partial charge in [0.1, 0.15) is 5.75 Å². The minimum atomic E-state index is 0.803. The van der Waals surface area contributed by atoms with Crippen LogP contribution >= 0.6 is 0 Å². The highest BCUT2D eigenvalue weighted by atomic mass is 16.5. The molecule has 0 unspecified atom stereocenters. The first-order chi connectivity index (χ1) is 8.35. The van der Waals surface area contributed by atoms with Crippen molar-refractivity contribution in [1.29, 1.82) is 0 Å². The third-order valence-electron chi connectivity index (χ3n) is 2.98. The summed E-state index contributed by atoms with van der Waals surface area (Å²) in [4.78, 5) is 4.45. The number of nitrogens with zero attached hydrogens (tertiary/aromatic N) is 1. The first-order valence-corrected chi connectivity index (χ1v) is 6.28. The van der Waals surface area contributed by atoms with Crippen LogP contribution in [0.4, 0.5) is 0 Å². The predicted octanol–water partition coefficient (Wildman–Crippen LogP) is 3.40. The average molecular weight is 229 g/mol. The maximum Gasteiger partial charge on any atom is 0.119 e. The topological polar surface area (TPSA) is 21.6 Å². The van der Waals surface area contributed by atoms with E-state index in [2.05, 4.69) is 30.6 Å². The largest absolute Gasteiger partial charge is 0.494 e. The van der Waals surface area contributed by atoms with E-state index in [0.717, 1.165) is 43.9 Å². The van der Waals surface area contributed by atoms with Crippen LogP contribution < -0.4 is 4.74 Å². The molecule has 1 aliphatic rings. The molecule has 0 bridgehead atoms. The zero-order chi connectivity index (χ0) is 12.1. The third-order valence-corrected chi connectivity index (χ3v) is 2.98. The lowest BCUT2D eigenvalue weighted by Gasteiger charge is -2.16. The van der Waals surface area contributed by atoms with Crippen LogP contribution in [0.3, 0.4) is 0 Å². The highest BCUT2D eigenvalue weighted by Crippen LogP contribution is 2.22. The molecule has 2 nitrogen and oxygen atoms in total. The Labute approximate surface area is 103 Å². The van der Waals surface area contributed by atoms with Crippen LogP contribution in [0.5, 0.6) is 5.75 Å². The quantitative estimate of drug-likeness (QED) is 0.709. The second kappa shape index (κ2) is 5.67. The molecule has 2 heteroatoms. The fourth-order valence-corrected chi connectivity index (χ4v) is 2.01. The van der Waals surface area contributed by atoms with Crippen LogP contribution in [0.1, 0.15) is 30.9 Å². The van der Waals surface area contributed by atoms with Crippen molar-refractivity contribution in [3.8, 4) is 5.75 Å². The van der Waals surface area contributed by atoms with Crippen LogP contribution in [0.15, 0.2) is 35.8 Å². The molecule has 17 heavy (non-hydrogen) atoms. The second-order valence-corrected chi connectivity index (χ2v) is 4.24. The Hall–Kier alpha value is -1.57. The Bertz CT molecular complexity index is 435. The molecule has 1 heterocycles. The van der Waals surface area contributed by atoms with Gasteiger partial charge in [-0.05, 0) is 42.7 Å². The van der Waals surface area contributed by atoms with E-state index in [1.807, 2.05) is 12.1 Å². The van der Waals surface area contributed by atoms with E-state index in [9.17, 15) is 0 Å². The third kappa shape index (κ3) is 2.76. The molecule has 0 amide bonds. The molecule has 0 aliphatic carbocycles. The molecule has 90 valence electrons. The number of unbranched alkanes of at least 4 members (excludes halogenated alkanes) is 1. The number of rotatable bonds is 5. The monoisotopic (exact) mass is 229 g/mol. The van der Waals surface area contributed by atoms with Crippen LogP contribution in [0.25, 0.3) is 0 Å². The van der Waals surface area contributed by atoms with Gasteiger partial charge in [0.25, 0.3) is 0 Å². The number of hydrogen-bond acceptors (Lipinski definition) is 2. The number of fused-ring (bicyclic) bond motifs is 1. The zero-order valence-corrected chi connectivity index (χ0v) is 10.4. The Morgan fingerprint density at radius 1 is 1.47 bits per heavy atom. The van der Waals surface area contributed by atoms with Crippen molar-refractivity contribution in [2.75, 3.05) is 13.2 Å². The fourth-order valence-electron chi connectivity index (χ4n) is 2.01. The van der Waals surface area contributed by atoms with Crippen molar-refractivity contribution < 1.29 is 4.74 Å². The molecule has 0 saturated heterocycles. The molecule has 1 aliphatic heterocycles. The summed E-state index contributed by atoms with van der Waals surface area (Å²) in [5.74, 6) is 0.975. The van der Waals surface area contributed by atoms with Crippen LogP contribution in [-0.2, 0) is 6.42 Å². The molecule has 0 aromatic heterocycles. The molecular weight excluding hydrogens is 210 g/mol. The van der Waals surface area contributed by atoms with Gasteiger partial charge >= 0.3 is 0 Å². The zero-order valence-electron chi connectivity index (χ0n) is 10.4. The fraction of sp³-hybridized carbons (Fsp3) is 0.400. The van der Waals surface area contributed by atoms with Crippen molar-refractivity contribution in [3.05, 3.63) is 42.0 Å². The van der Waals surface area contributed by atoms with Gasteiger partial charge in [-0.1, -0.05) is 19.9 Å². The Morgan fingerprint density at radius 2 is 2.35 bits per heavy atom. The highest BCUT2D eigenvalue weighted by molar-refractivity contribution is 6.10. The first-order valence-electron chi connectivity index (χ1n) is 6.28. The molecule has 0 atom stereocenters. The van der Waals surface area contributed by atoms with Crippen molar-refractivity contribution in [2.45, 2.75) is 26.2 Å². The van der Waals surface area contributed by atoms with Crippen molar-refractivity contribution in [1.82, 2.24) is 0 Å². The lowest BCUT2D eigenvalue weighted by molar-refractivity contribution is 0.309. The summed E-state index contributed by atoms with van der Waals surface area (Å²) in [6.07, 6.45) is 5.10. The van der Waals surface area contributed by atoms with Gasteiger partial charge in [-0.2, -0.15) is 0 Å². The van der Waals surface area contributed by atoms with E-state index < -0.39 is 0 Å². The minimum Gasteiger partial charge on any atom is -0.494 e.